The maximum atomic E-state index is 5.46. The van der Waals surface area contributed by atoms with Gasteiger partial charge in [0, 0.05) is 16.1 Å². The van der Waals surface area contributed by atoms with E-state index in [0.717, 1.165) is 11.4 Å². The van der Waals surface area contributed by atoms with E-state index < -0.39 is 0 Å². The molecule has 1 N–H and O–H groups in total. The number of nitrogens with one attached hydrogen (secondary N) is 1. The lowest BCUT2D eigenvalue weighted by atomic mass is 10.0. The highest BCUT2D eigenvalue weighted by atomic mass is 32.2. The number of thioether (sulfide) groups is 1. The first-order valence-electron chi connectivity index (χ1n) is 6.69. The van der Waals surface area contributed by atoms with Crippen LogP contribution in [0.5, 0.6) is 5.75 Å². The summed E-state index contributed by atoms with van der Waals surface area (Å²) in [6, 6.07) is 14.9. The van der Waals surface area contributed by atoms with E-state index in [1.165, 1.54) is 16.0 Å². The monoisotopic (exact) mass is 287 g/mol. The first-order valence-corrected chi connectivity index (χ1v) is 7.91. The molecule has 0 saturated carbocycles. The minimum absolute atomic E-state index is 0.196. The van der Waals surface area contributed by atoms with E-state index >= 15 is 0 Å². The number of benzene rings is 2. The summed E-state index contributed by atoms with van der Waals surface area (Å²) < 4.78 is 5.46. The molecule has 0 radical (unpaired) electrons. The Hall–Kier alpha value is -1.61. The van der Waals surface area contributed by atoms with Gasteiger partial charge in [-0.05, 0) is 44.4 Å². The summed E-state index contributed by atoms with van der Waals surface area (Å²) in [5.41, 5.74) is 3.56. The average Bonchev–Trinajstić information content (AvgIpc) is 2.47. The van der Waals surface area contributed by atoms with Gasteiger partial charge in [-0.2, -0.15) is 0 Å². The summed E-state index contributed by atoms with van der Waals surface area (Å²) in [5.74, 6) is 0.927. The molecule has 0 aliphatic heterocycles. The van der Waals surface area contributed by atoms with Crippen molar-refractivity contribution in [3.05, 3.63) is 53.6 Å². The summed E-state index contributed by atoms with van der Waals surface area (Å²) in [7, 11) is 1.72. The van der Waals surface area contributed by atoms with Crippen LogP contribution in [0.1, 0.15) is 24.1 Å². The van der Waals surface area contributed by atoms with E-state index in [2.05, 4.69) is 61.8 Å². The molecule has 0 heterocycles. The van der Waals surface area contributed by atoms with Gasteiger partial charge in [0.1, 0.15) is 5.75 Å². The molecule has 0 saturated heterocycles. The first-order chi connectivity index (χ1) is 9.63. The summed E-state index contributed by atoms with van der Waals surface area (Å²) in [5, 5.41) is 3.54. The molecule has 0 aliphatic rings. The van der Waals surface area contributed by atoms with Gasteiger partial charge in [0.05, 0.1) is 13.2 Å². The molecule has 2 rings (SSSR count). The van der Waals surface area contributed by atoms with Crippen molar-refractivity contribution in [2.24, 2.45) is 0 Å². The van der Waals surface area contributed by atoms with Gasteiger partial charge in [-0.1, -0.05) is 23.8 Å². The zero-order valence-corrected chi connectivity index (χ0v) is 13.3. The van der Waals surface area contributed by atoms with Gasteiger partial charge in [-0.15, -0.1) is 11.8 Å². The smallest absolute Gasteiger partial charge is 0.124 e. The van der Waals surface area contributed by atoms with Crippen LogP contribution in [0, 0.1) is 6.92 Å². The molecule has 2 aromatic carbocycles. The fraction of sp³-hybridized carbons (Fsp3) is 0.294. The van der Waals surface area contributed by atoms with Gasteiger partial charge in [0.2, 0.25) is 0 Å². The molecule has 0 fully saturated rings. The fourth-order valence-corrected chi connectivity index (χ4v) is 2.69. The highest BCUT2D eigenvalue weighted by molar-refractivity contribution is 7.98. The molecule has 0 bridgehead atoms. The van der Waals surface area contributed by atoms with Crippen molar-refractivity contribution in [1.82, 2.24) is 0 Å². The number of hydrogen-bond acceptors (Lipinski definition) is 3. The molecule has 106 valence electrons. The van der Waals surface area contributed by atoms with Crippen molar-refractivity contribution in [2.75, 3.05) is 18.7 Å². The summed E-state index contributed by atoms with van der Waals surface area (Å²) >= 11 is 1.75. The van der Waals surface area contributed by atoms with Gasteiger partial charge in [0.25, 0.3) is 0 Å². The number of hydrogen-bond donors (Lipinski definition) is 1. The molecule has 2 aromatic rings. The van der Waals surface area contributed by atoms with Gasteiger partial charge in [-0.3, -0.25) is 0 Å². The van der Waals surface area contributed by atoms with Crippen molar-refractivity contribution in [3.8, 4) is 5.75 Å². The minimum Gasteiger partial charge on any atom is -0.496 e. The molecule has 0 amide bonds. The third-order valence-corrected chi connectivity index (χ3v) is 4.03. The third kappa shape index (κ3) is 3.48. The van der Waals surface area contributed by atoms with E-state index in [1.54, 1.807) is 18.9 Å². The Kier molecular flexibility index (Phi) is 4.96. The Labute approximate surface area is 125 Å². The maximum absolute atomic E-state index is 5.46. The quantitative estimate of drug-likeness (QED) is 0.790. The van der Waals surface area contributed by atoms with Crippen LogP contribution in [0.4, 0.5) is 5.69 Å². The van der Waals surface area contributed by atoms with Crippen LogP contribution in [0.25, 0.3) is 0 Å². The Morgan fingerprint density at radius 2 is 1.95 bits per heavy atom. The van der Waals surface area contributed by atoms with Crippen molar-refractivity contribution in [1.29, 1.82) is 0 Å². The molecular weight excluding hydrogens is 266 g/mol. The van der Waals surface area contributed by atoms with E-state index in [9.17, 15) is 0 Å². The Balaban J connectivity index is 2.23. The zero-order chi connectivity index (χ0) is 14.5. The van der Waals surface area contributed by atoms with Crippen LogP contribution in [0.3, 0.4) is 0 Å². The third-order valence-electron chi connectivity index (χ3n) is 3.30. The Morgan fingerprint density at radius 3 is 2.65 bits per heavy atom. The van der Waals surface area contributed by atoms with Gasteiger partial charge in [0.15, 0.2) is 0 Å². The largest absolute Gasteiger partial charge is 0.496 e. The molecule has 2 nitrogen and oxygen atoms in total. The predicted molar refractivity (Wildman–Crippen MR) is 88.0 cm³/mol. The highest BCUT2D eigenvalue weighted by Gasteiger charge is 2.11. The van der Waals surface area contributed by atoms with E-state index in [-0.39, 0.29) is 6.04 Å². The normalized spacial score (nSPS) is 12.0. The number of aryl methyl sites for hydroxylation is 1. The van der Waals surface area contributed by atoms with Crippen molar-refractivity contribution < 1.29 is 4.74 Å². The number of methoxy groups -OCH3 is 1. The molecule has 1 unspecified atom stereocenters. The second-order valence-electron chi connectivity index (χ2n) is 4.84. The first kappa shape index (κ1) is 14.8. The number of ether oxygens (including phenoxy) is 1. The lowest BCUT2D eigenvalue weighted by Gasteiger charge is -2.19. The molecule has 0 aliphatic carbocycles. The van der Waals surface area contributed by atoms with Gasteiger partial charge >= 0.3 is 0 Å². The summed E-state index contributed by atoms with van der Waals surface area (Å²) in [6.45, 7) is 4.26. The molecular formula is C17H21NOS. The van der Waals surface area contributed by atoms with Crippen LogP contribution in [-0.4, -0.2) is 13.4 Å². The number of anilines is 1. The highest BCUT2D eigenvalue weighted by Crippen LogP contribution is 2.29. The van der Waals surface area contributed by atoms with Crippen LogP contribution >= 0.6 is 11.8 Å². The lowest BCUT2D eigenvalue weighted by Crippen LogP contribution is -2.08. The summed E-state index contributed by atoms with van der Waals surface area (Å²) in [4.78, 5) is 1.26. The number of rotatable bonds is 5. The van der Waals surface area contributed by atoms with Crippen molar-refractivity contribution in [3.63, 3.8) is 0 Å². The minimum atomic E-state index is 0.196. The Bertz CT molecular complexity index is 583. The standard InChI is InChI=1S/C17H21NOS/c1-12-8-9-17(19-3)16(10-12)13(2)18-14-6-5-7-15(11-14)20-4/h5-11,13,18H,1-4H3. The molecule has 1 atom stereocenters. The van der Waals surface area contributed by atoms with E-state index in [1.807, 2.05) is 6.07 Å². The zero-order valence-electron chi connectivity index (χ0n) is 12.4. The van der Waals surface area contributed by atoms with Crippen molar-refractivity contribution >= 4 is 17.4 Å². The van der Waals surface area contributed by atoms with Crippen LogP contribution in [0.2, 0.25) is 0 Å². The molecule has 0 spiro atoms. The van der Waals surface area contributed by atoms with Gasteiger partial charge in [-0.25, -0.2) is 0 Å². The Morgan fingerprint density at radius 1 is 1.15 bits per heavy atom. The van der Waals surface area contributed by atoms with Crippen molar-refractivity contribution in [2.45, 2.75) is 24.8 Å². The maximum Gasteiger partial charge on any atom is 0.124 e. The summed E-state index contributed by atoms with van der Waals surface area (Å²) in [6.07, 6.45) is 2.09. The fourth-order valence-electron chi connectivity index (χ4n) is 2.23. The molecule has 20 heavy (non-hydrogen) atoms. The second-order valence-corrected chi connectivity index (χ2v) is 5.72. The average molecular weight is 287 g/mol. The van der Waals surface area contributed by atoms with E-state index in [4.69, 9.17) is 4.74 Å². The molecule has 3 heteroatoms. The predicted octanol–water partition coefficient (Wildman–Crippen LogP) is 4.90. The topological polar surface area (TPSA) is 21.3 Å². The lowest BCUT2D eigenvalue weighted by molar-refractivity contribution is 0.408. The molecule has 0 aromatic heterocycles. The van der Waals surface area contributed by atoms with Crippen LogP contribution in [0.15, 0.2) is 47.4 Å². The SMILES string of the molecule is COc1ccc(C)cc1C(C)Nc1cccc(SC)c1. The van der Waals surface area contributed by atoms with Crippen LogP contribution in [-0.2, 0) is 0 Å². The second kappa shape index (κ2) is 6.71. The van der Waals surface area contributed by atoms with Crippen LogP contribution < -0.4 is 10.1 Å². The van der Waals surface area contributed by atoms with Gasteiger partial charge < -0.3 is 10.1 Å². The van der Waals surface area contributed by atoms with E-state index in [0.29, 0.717) is 0 Å².